The van der Waals surface area contributed by atoms with E-state index < -0.39 is 0 Å². The molecule has 0 saturated heterocycles. The average Bonchev–Trinajstić information content (AvgIpc) is 2.65. The number of thiophene rings is 1. The monoisotopic (exact) mass is 205 g/mol. The van der Waals surface area contributed by atoms with Crippen LogP contribution in [0.1, 0.15) is 5.56 Å². The number of nitrogens with one attached hydrogen (secondary N) is 1. The average molecular weight is 205 g/mol. The highest BCUT2D eigenvalue weighted by Gasteiger charge is 2.06. The van der Waals surface area contributed by atoms with Gasteiger partial charge in [-0.1, -0.05) is 0 Å². The zero-order chi connectivity index (χ0) is 9.97. The standard InChI is InChI=1S/C10H11N3S/c1-7-4-6-14-9(7)10-12-5-3-8(11-2)13-10/h3-6H,1-2H3,(H,11,12,13). The van der Waals surface area contributed by atoms with Crippen LogP contribution < -0.4 is 5.32 Å². The molecule has 0 spiro atoms. The molecule has 0 atom stereocenters. The Morgan fingerprint density at radius 3 is 2.86 bits per heavy atom. The maximum atomic E-state index is 4.38. The van der Waals surface area contributed by atoms with Crippen molar-refractivity contribution in [1.29, 1.82) is 0 Å². The molecule has 0 aliphatic heterocycles. The molecule has 0 aromatic carbocycles. The largest absolute Gasteiger partial charge is 0.373 e. The number of hydrogen-bond acceptors (Lipinski definition) is 4. The van der Waals surface area contributed by atoms with E-state index in [1.54, 1.807) is 17.5 Å². The molecular weight excluding hydrogens is 194 g/mol. The van der Waals surface area contributed by atoms with E-state index in [1.165, 1.54) is 5.56 Å². The summed E-state index contributed by atoms with van der Waals surface area (Å²) in [5, 5.41) is 5.06. The smallest absolute Gasteiger partial charge is 0.171 e. The molecule has 1 N–H and O–H groups in total. The predicted molar refractivity (Wildman–Crippen MR) is 59.6 cm³/mol. The molecule has 0 bridgehead atoms. The van der Waals surface area contributed by atoms with E-state index in [2.05, 4.69) is 33.7 Å². The summed E-state index contributed by atoms with van der Waals surface area (Å²) in [5.74, 6) is 1.65. The molecule has 0 aliphatic carbocycles. The van der Waals surface area contributed by atoms with Gasteiger partial charge in [-0.05, 0) is 30.0 Å². The summed E-state index contributed by atoms with van der Waals surface area (Å²) < 4.78 is 0. The zero-order valence-corrected chi connectivity index (χ0v) is 8.93. The van der Waals surface area contributed by atoms with Crippen molar-refractivity contribution < 1.29 is 0 Å². The Balaban J connectivity index is 2.47. The van der Waals surface area contributed by atoms with Crippen molar-refractivity contribution in [2.75, 3.05) is 12.4 Å². The second kappa shape index (κ2) is 3.75. The molecule has 72 valence electrons. The highest BCUT2D eigenvalue weighted by molar-refractivity contribution is 7.13. The first-order valence-electron chi connectivity index (χ1n) is 4.36. The van der Waals surface area contributed by atoms with Crippen molar-refractivity contribution in [3.8, 4) is 10.7 Å². The van der Waals surface area contributed by atoms with E-state index in [4.69, 9.17) is 0 Å². The van der Waals surface area contributed by atoms with Crippen molar-refractivity contribution in [3.05, 3.63) is 29.3 Å². The SMILES string of the molecule is CNc1ccnc(-c2sccc2C)n1. The van der Waals surface area contributed by atoms with Crippen LogP contribution in [-0.2, 0) is 0 Å². The fourth-order valence-electron chi connectivity index (χ4n) is 1.21. The first-order chi connectivity index (χ1) is 6.81. The van der Waals surface area contributed by atoms with Gasteiger partial charge in [-0.15, -0.1) is 11.3 Å². The molecule has 14 heavy (non-hydrogen) atoms. The van der Waals surface area contributed by atoms with E-state index in [0.29, 0.717) is 0 Å². The van der Waals surface area contributed by atoms with Gasteiger partial charge >= 0.3 is 0 Å². The maximum Gasteiger partial charge on any atom is 0.171 e. The van der Waals surface area contributed by atoms with Gasteiger partial charge in [0.1, 0.15) is 5.82 Å². The molecule has 2 rings (SSSR count). The number of hydrogen-bond donors (Lipinski definition) is 1. The first-order valence-corrected chi connectivity index (χ1v) is 5.24. The Morgan fingerprint density at radius 2 is 2.21 bits per heavy atom. The topological polar surface area (TPSA) is 37.8 Å². The van der Waals surface area contributed by atoms with Crippen LogP contribution >= 0.6 is 11.3 Å². The zero-order valence-electron chi connectivity index (χ0n) is 8.11. The van der Waals surface area contributed by atoms with Crippen LogP contribution in [0.3, 0.4) is 0 Å². The molecule has 2 aromatic heterocycles. The quantitative estimate of drug-likeness (QED) is 0.818. The third-order valence-corrected chi connectivity index (χ3v) is 2.99. The Labute approximate surface area is 86.8 Å². The van der Waals surface area contributed by atoms with Gasteiger partial charge in [0.05, 0.1) is 4.88 Å². The third-order valence-electron chi connectivity index (χ3n) is 1.98. The lowest BCUT2D eigenvalue weighted by molar-refractivity contribution is 1.17. The van der Waals surface area contributed by atoms with Gasteiger partial charge in [-0.25, -0.2) is 9.97 Å². The van der Waals surface area contributed by atoms with Crippen molar-refractivity contribution in [2.24, 2.45) is 0 Å². The van der Waals surface area contributed by atoms with Crippen LogP contribution in [0, 0.1) is 6.92 Å². The molecule has 0 fully saturated rings. The second-order valence-corrected chi connectivity index (χ2v) is 3.86. The molecule has 0 saturated carbocycles. The molecule has 4 heteroatoms. The fourth-order valence-corrected chi connectivity index (χ4v) is 2.08. The molecule has 0 aliphatic rings. The summed E-state index contributed by atoms with van der Waals surface area (Å²) in [6.45, 7) is 2.07. The second-order valence-electron chi connectivity index (χ2n) is 2.95. The molecule has 2 heterocycles. The Bertz CT molecular complexity index is 436. The van der Waals surface area contributed by atoms with Gasteiger partial charge in [-0.2, -0.15) is 0 Å². The van der Waals surface area contributed by atoms with Gasteiger partial charge < -0.3 is 5.32 Å². The van der Waals surface area contributed by atoms with Gasteiger partial charge in [0, 0.05) is 13.2 Å². The molecular formula is C10H11N3S. The minimum Gasteiger partial charge on any atom is -0.373 e. The minimum absolute atomic E-state index is 0.796. The normalized spacial score (nSPS) is 10.1. The van der Waals surface area contributed by atoms with Crippen molar-refractivity contribution in [1.82, 2.24) is 9.97 Å². The Kier molecular flexibility index (Phi) is 2.45. The third kappa shape index (κ3) is 1.61. The lowest BCUT2D eigenvalue weighted by Gasteiger charge is -2.01. The van der Waals surface area contributed by atoms with Crippen LogP contribution in [0.2, 0.25) is 0 Å². The summed E-state index contributed by atoms with van der Waals surface area (Å²) in [6.07, 6.45) is 1.77. The number of nitrogens with zero attached hydrogens (tertiary/aromatic N) is 2. The van der Waals surface area contributed by atoms with Crippen LogP contribution in [0.25, 0.3) is 10.7 Å². The van der Waals surface area contributed by atoms with E-state index in [-0.39, 0.29) is 0 Å². The highest BCUT2D eigenvalue weighted by Crippen LogP contribution is 2.26. The van der Waals surface area contributed by atoms with E-state index >= 15 is 0 Å². The summed E-state index contributed by atoms with van der Waals surface area (Å²) >= 11 is 1.67. The van der Waals surface area contributed by atoms with Crippen LogP contribution in [0.5, 0.6) is 0 Å². The summed E-state index contributed by atoms with van der Waals surface area (Å²) in [5.41, 5.74) is 1.23. The van der Waals surface area contributed by atoms with Crippen molar-refractivity contribution >= 4 is 17.2 Å². The molecule has 2 aromatic rings. The van der Waals surface area contributed by atoms with Gasteiger partial charge in [0.15, 0.2) is 5.82 Å². The van der Waals surface area contributed by atoms with Crippen molar-refractivity contribution in [2.45, 2.75) is 6.92 Å². The molecule has 0 amide bonds. The van der Waals surface area contributed by atoms with Crippen LogP contribution in [-0.4, -0.2) is 17.0 Å². The first kappa shape index (κ1) is 9.15. The van der Waals surface area contributed by atoms with Crippen LogP contribution in [0.4, 0.5) is 5.82 Å². The van der Waals surface area contributed by atoms with Crippen molar-refractivity contribution in [3.63, 3.8) is 0 Å². The van der Waals surface area contributed by atoms with Gasteiger partial charge in [-0.3, -0.25) is 0 Å². The predicted octanol–water partition coefficient (Wildman–Crippen LogP) is 2.56. The number of anilines is 1. The Hall–Kier alpha value is -1.42. The number of rotatable bonds is 2. The summed E-state index contributed by atoms with van der Waals surface area (Å²) in [6, 6.07) is 3.93. The Morgan fingerprint density at radius 1 is 1.36 bits per heavy atom. The lowest BCUT2D eigenvalue weighted by Crippen LogP contribution is -1.95. The van der Waals surface area contributed by atoms with E-state index in [0.717, 1.165) is 16.5 Å². The molecule has 0 unspecified atom stereocenters. The molecule has 3 nitrogen and oxygen atoms in total. The number of aryl methyl sites for hydroxylation is 1. The number of aromatic nitrogens is 2. The molecule has 0 radical (unpaired) electrons. The van der Waals surface area contributed by atoms with E-state index in [1.807, 2.05) is 13.1 Å². The lowest BCUT2D eigenvalue weighted by atomic mass is 10.3. The summed E-state index contributed by atoms with van der Waals surface area (Å²) in [4.78, 5) is 9.77. The maximum absolute atomic E-state index is 4.38. The fraction of sp³-hybridized carbons (Fsp3) is 0.200. The summed E-state index contributed by atoms with van der Waals surface area (Å²) in [7, 11) is 1.85. The van der Waals surface area contributed by atoms with Gasteiger partial charge in [0.25, 0.3) is 0 Å². The van der Waals surface area contributed by atoms with E-state index in [9.17, 15) is 0 Å². The highest BCUT2D eigenvalue weighted by atomic mass is 32.1. The van der Waals surface area contributed by atoms with Gasteiger partial charge in [0.2, 0.25) is 0 Å². The minimum atomic E-state index is 0.796. The van der Waals surface area contributed by atoms with Crippen LogP contribution in [0.15, 0.2) is 23.7 Å².